The summed E-state index contributed by atoms with van der Waals surface area (Å²) in [7, 11) is 3.06. The summed E-state index contributed by atoms with van der Waals surface area (Å²) in [6.45, 7) is 0. The summed E-state index contributed by atoms with van der Waals surface area (Å²) in [5, 5.41) is 0.704. The number of hydrogen-bond donors (Lipinski definition) is 0. The van der Waals surface area contributed by atoms with Gasteiger partial charge in [0.25, 0.3) is 5.91 Å². The van der Waals surface area contributed by atoms with Crippen molar-refractivity contribution in [3.63, 3.8) is 0 Å². The fourth-order valence-electron chi connectivity index (χ4n) is 4.02. The molecule has 3 heterocycles. The van der Waals surface area contributed by atoms with Crippen LogP contribution < -0.4 is 19.8 Å². The molecule has 160 valence electrons. The van der Waals surface area contributed by atoms with Crippen LogP contribution in [0.3, 0.4) is 0 Å². The predicted molar refractivity (Wildman–Crippen MR) is 120 cm³/mol. The fourth-order valence-corrected chi connectivity index (χ4v) is 4.19. The van der Waals surface area contributed by atoms with E-state index in [4.69, 9.17) is 25.5 Å². The Labute approximate surface area is 187 Å². The van der Waals surface area contributed by atoms with Gasteiger partial charge in [0.15, 0.2) is 16.9 Å². The largest absolute Gasteiger partial charge is 0.493 e. The summed E-state index contributed by atoms with van der Waals surface area (Å²) >= 11 is 6.12. The minimum atomic E-state index is -0.771. The van der Waals surface area contributed by atoms with Gasteiger partial charge >= 0.3 is 0 Å². The van der Waals surface area contributed by atoms with Gasteiger partial charge in [-0.1, -0.05) is 23.7 Å². The van der Waals surface area contributed by atoms with Crippen LogP contribution in [0.15, 0.2) is 70.0 Å². The molecule has 0 bridgehead atoms. The highest BCUT2D eigenvalue weighted by molar-refractivity contribution is 6.31. The number of carbonyl (C=O) groups excluding carboxylic acids is 1. The van der Waals surface area contributed by atoms with Crippen LogP contribution in [0.1, 0.15) is 27.7 Å². The Bertz CT molecular complexity index is 1420. The third kappa shape index (κ3) is 3.01. The minimum absolute atomic E-state index is 0.0183. The number of ether oxygens (including phenoxy) is 2. The second-order valence-corrected chi connectivity index (χ2v) is 7.63. The summed E-state index contributed by atoms with van der Waals surface area (Å²) in [5.41, 5.74) is 0.840. The van der Waals surface area contributed by atoms with Gasteiger partial charge in [-0.25, -0.2) is 4.98 Å². The molecule has 2 aromatic carbocycles. The summed E-state index contributed by atoms with van der Waals surface area (Å²) in [6.07, 6.45) is 1.59. The summed E-state index contributed by atoms with van der Waals surface area (Å²) in [4.78, 5) is 32.9. The van der Waals surface area contributed by atoms with Gasteiger partial charge in [-0.05, 0) is 48.0 Å². The topological polar surface area (TPSA) is 81.9 Å². The van der Waals surface area contributed by atoms with Crippen molar-refractivity contribution in [3.8, 4) is 11.5 Å². The molecule has 0 fully saturated rings. The number of hydrogen-bond acceptors (Lipinski definition) is 6. The number of fused-ring (bicyclic) bond motifs is 2. The van der Waals surface area contributed by atoms with Crippen LogP contribution in [0.4, 0.5) is 5.82 Å². The summed E-state index contributed by atoms with van der Waals surface area (Å²) in [5.74, 6) is 0.926. The molecule has 0 radical (unpaired) electrons. The fraction of sp³-hybridized carbons (Fsp3) is 0.125. The molecule has 0 unspecified atom stereocenters. The average Bonchev–Trinajstić information content (AvgIpc) is 3.12. The molecule has 1 amide bonds. The van der Waals surface area contributed by atoms with Crippen molar-refractivity contribution in [1.29, 1.82) is 0 Å². The molecule has 4 aromatic rings. The van der Waals surface area contributed by atoms with Gasteiger partial charge < -0.3 is 13.9 Å². The van der Waals surface area contributed by atoms with Gasteiger partial charge in [-0.15, -0.1) is 0 Å². The predicted octanol–water partition coefficient (Wildman–Crippen LogP) is 4.61. The van der Waals surface area contributed by atoms with E-state index in [9.17, 15) is 9.59 Å². The van der Waals surface area contributed by atoms with E-state index in [0.29, 0.717) is 38.9 Å². The maximum Gasteiger partial charge on any atom is 0.296 e. The van der Waals surface area contributed by atoms with Gasteiger partial charge in [-0.2, -0.15) is 0 Å². The molecule has 7 nitrogen and oxygen atoms in total. The highest BCUT2D eigenvalue weighted by atomic mass is 35.5. The Balaban J connectivity index is 1.82. The quantitative estimate of drug-likeness (QED) is 0.453. The SMILES string of the molecule is COc1ccc([C@H]2c3c(oc4ccc(Cl)cc4c3=O)C(=O)N2c2ccccn2)cc1OC. The zero-order valence-electron chi connectivity index (χ0n) is 17.2. The van der Waals surface area contributed by atoms with Crippen LogP contribution in [0, 0.1) is 0 Å². The van der Waals surface area contributed by atoms with Crippen LogP contribution >= 0.6 is 11.6 Å². The van der Waals surface area contributed by atoms with Crippen molar-refractivity contribution in [3.05, 3.63) is 92.9 Å². The number of pyridine rings is 1. The van der Waals surface area contributed by atoms with Crippen LogP contribution in [0.2, 0.25) is 5.02 Å². The number of amides is 1. The van der Waals surface area contributed by atoms with E-state index >= 15 is 0 Å². The highest BCUT2D eigenvalue weighted by Gasteiger charge is 2.44. The van der Waals surface area contributed by atoms with Crippen molar-refractivity contribution >= 4 is 34.3 Å². The van der Waals surface area contributed by atoms with Crippen molar-refractivity contribution in [2.75, 3.05) is 19.1 Å². The zero-order chi connectivity index (χ0) is 22.4. The molecule has 32 heavy (non-hydrogen) atoms. The number of aromatic nitrogens is 1. The van der Waals surface area contributed by atoms with Crippen LogP contribution in [0.25, 0.3) is 11.0 Å². The Morgan fingerprint density at radius 2 is 1.81 bits per heavy atom. The third-order valence-electron chi connectivity index (χ3n) is 5.45. The first kappa shape index (κ1) is 20.1. The monoisotopic (exact) mass is 448 g/mol. The number of halogens is 1. The normalized spacial score (nSPS) is 15.2. The number of methoxy groups -OCH3 is 2. The van der Waals surface area contributed by atoms with Crippen molar-refractivity contribution in [2.45, 2.75) is 6.04 Å². The lowest BCUT2D eigenvalue weighted by Crippen LogP contribution is -2.30. The number of rotatable bonds is 4. The van der Waals surface area contributed by atoms with E-state index in [1.807, 2.05) is 0 Å². The Morgan fingerprint density at radius 3 is 2.53 bits per heavy atom. The first-order valence-electron chi connectivity index (χ1n) is 9.76. The lowest BCUT2D eigenvalue weighted by Gasteiger charge is -2.24. The van der Waals surface area contributed by atoms with Gasteiger partial charge in [0.1, 0.15) is 11.4 Å². The number of benzene rings is 2. The first-order chi connectivity index (χ1) is 15.5. The smallest absolute Gasteiger partial charge is 0.296 e. The lowest BCUT2D eigenvalue weighted by molar-refractivity contribution is 0.0970. The molecule has 5 rings (SSSR count). The molecule has 0 saturated heterocycles. The van der Waals surface area contributed by atoms with Gasteiger partial charge in [0.2, 0.25) is 5.76 Å². The number of anilines is 1. The van der Waals surface area contributed by atoms with E-state index in [1.54, 1.807) is 60.8 Å². The molecule has 0 N–H and O–H groups in total. The van der Waals surface area contributed by atoms with E-state index in [-0.39, 0.29) is 16.8 Å². The van der Waals surface area contributed by atoms with Crippen molar-refractivity contribution < 1.29 is 18.7 Å². The number of nitrogens with zero attached hydrogens (tertiary/aromatic N) is 2. The van der Waals surface area contributed by atoms with Crippen LogP contribution in [0.5, 0.6) is 11.5 Å². The molecule has 8 heteroatoms. The van der Waals surface area contributed by atoms with Gasteiger partial charge in [0.05, 0.1) is 31.2 Å². The van der Waals surface area contributed by atoms with E-state index in [2.05, 4.69) is 4.98 Å². The molecule has 1 aliphatic heterocycles. The minimum Gasteiger partial charge on any atom is -0.493 e. The molecule has 1 aliphatic rings. The second-order valence-electron chi connectivity index (χ2n) is 7.19. The summed E-state index contributed by atoms with van der Waals surface area (Å²) in [6, 6.07) is 14.5. The van der Waals surface area contributed by atoms with E-state index in [1.165, 1.54) is 19.1 Å². The third-order valence-corrected chi connectivity index (χ3v) is 5.69. The second kappa shape index (κ2) is 7.69. The lowest BCUT2D eigenvalue weighted by atomic mass is 9.98. The molecule has 1 atom stereocenters. The molecule has 0 spiro atoms. The van der Waals surface area contributed by atoms with E-state index < -0.39 is 11.9 Å². The van der Waals surface area contributed by atoms with Gasteiger partial charge in [-0.3, -0.25) is 14.5 Å². The maximum atomic E-state index is 13.6. The first-order valence-corrected chi connectivity index (χ1v) is 10.1. The molecular formula is C24H17ClN2O5. The standard InChI is InChI=1S/C24H17ClN2O5/c1-30-17-8-6-13(11-18(17)31-2)21-20-22(28)15-12-14(25)7-9-16(15)32-23(20)24(29)27(21)19-5-3-4-10-26-19/h3-12,21H,1-2H3/t21-/m0/s1. The Hall–Kier alpha value is -3.84. The number of carbonyl (C=O) groups is 1. The molecule has 0 aliphatic carbocycles. The van der Waals surface area contributed by atoms with Crippen LogP contribution in [-0.4, -0.2) is 25.1 Å². The van der Waals surface area contributed by atoms with Crippen molar-refractivity contribution in [1.82, 2.24) is 4.98 Å². The van der Waals surface area contributed by atoms with Crippen molar-refractivity contribution in [2.24, 2.45) is 0 Å². The Morgan fingerprint density at radius 1 is 1.00 bits per heavy atom. The Kier molecular flexibility index (Phi) is 4.83. The van der Waals surface area contributed by atoms with Gasteiger partial charge in [0, 0.05) is 11.2 Å². The van der Waals surface area contributed by atoms with E-state index in [0.717, 1.165) is 0 Å². The molecule has 0 saturated carbocycles. The average molecular weight is 449 g/mol. The molecule has 2 aromatic heterocycles. The maximum absolute atomic E-state index is 13.6. The highest BCUT2D eigenvalue weighted by Crippen LogP contribution is 2.42. The zero-order valence-corrected chi connectivity index (χ0v) is 17.9. The molecular weight excluding hydrogens is 432 g/mol. The van der Waals surface area contributed by atoms with Crippen LogP contribution in [-0.2, 0) is 0 Å². The summed E-state index contributed by atoms with van der Waals surface area (Å²) < 4.78 is 16.7.